The lowest BCUT2D eigenvalue weighted by Crippen LogP contribution is -2.07. The average Bonchev–Trinajstić information content (AvgIpc) is 2.83. The van der Waals surface area contributed by atoms with Gasteiger partial charge in [-0.25, -0.2) is 8.78 Å². The van der Waals surface area contributed by atoms with Crippen molar-refractivity contribution in [2.24, 2.45) is 0 Å². The molecular formula is C15H12F2N2O. The summed E-state index contributed by atoms with van der Waals surface area (Å²) in [5.41, 5.74) is 2.03. The largest absolute Gasteiger partial charge is 0.424 e. The van der Waals surface area contributed by atoms with Gasteiger partial charge in [0.15, 0.2) is 17.2 Å². The van der Waals surface area contributed by atoms with E-state index >= 15 is 0 Å². The van der Waals surface area contributed by atoms with E-state index in [1.807, 2.05) is 31.2 Å². The first-order valence-electron chi connectivity index (χ1n) is 6.20. The average molecular weight is 274 g/mol. The summed E-state index contributed by atoms with van der Waals surface area (Å²) in [4.78, 5) is 4.27. The highest BCUT2D eigenvalue weighted by Gasteiger charge is 2.12. The number of anilines is 1. The fourth-order valence-corrected chi connectivity index (χ4v) is 1.98. The van der Waals surface area contributed by atoms with Crippen molar-refractivity contribution in [1.29, 1.82) is 0 Å². The summed E-state index contributed by atoms with van der Waals surface area (Å²) in [5.74, 6) is -1.73. The van der Waals surface area contributed by atoms with Crippen LogP contribution in [0.4, 0.5) is 14.8 Å². The second-order valence-corrected chi connectivity index (χ2v) is 4.53. The van der Waals surface area contributed by atoms with Gasteiger partial charge in [-0.1, -0.05) is 18.2 Å². The molecule has 0 bridgehead atoms. The molecule has 0 aliphatic carbocycles. The van der Waals surface area contributed by atoms with Gasteiger partial charge in [0.1, 0.15) is 5.52 Å². The molecule has 0 saturated carbocycles. The maximum atomic E-state index is 13.2. The molecule has 1 heterocycles. The molecule has 0 aliphatic rings. The van der Waals surface area contributed by atoms with Crippen LogP contribution in [0, 0.1) is 11.6 Å². The minimum atomic E-state index is -0.867. The summed E-state index contributed by atoms with van der Waals surface area (Å²) in [7, 11) is 0. The Kier molecular flexibility index (Phi) is 3.10. The van der Waals surface area contributed by atoms with Gasteiger partial charge < -0.3 is 9.73 Å². The number of hydrogen-bond donors (Lipinski definition) is 1. The van der Waals surface area contributed by atoms with Crippen molar-refractivity contribution >= 4 is 17.1 Å². The summed E-state index contributed by atoms with van der Waals surface area (Å²) in [5, 5.41) is 3.03. The number of fused-ring (bicyclic) bond motifs is 1. The van der Waals surface area contributed by atoms with Crippen molar-refractivity contribution in [1.82, 2.24) is 4.98 Å². The van der Waals surface area contributed by atoms with Crippen molar-refractivity contribution in [2.45, 2.75) is 13.0 Å². The topological polar surface area (TPSA) is 38.1 Å². The van der Waals surface area contributed by atoms with E-state index in [4.69, 9.17) is 4.42 Å². The summed E-state index contributed by atoms with van der Waals surface area (Å²) in [6, 6.07) is 11.3. The van der Waals surface area contributed by atoms with Crippen molar-refractivity contribution in [3.8, 4) is 0 Å². The molecule has 0 radical (unpaired) electrons. The molecule has 0 amide bonds. The van der Waals surface area contributed by atoms with Crippen LogP contribution in [0.25, 0.3) is 11.1 Å². The molecule has 3 rings (SSSR count). The van der Waals surface area contributed by atoms with E-state index in [2.05, 4.69) is 10.3 Å². The second kappa shape index (κ2) is 4.92. The van der Waals surface area contributed by atoms with Crippen molar-refractivity contribution in [2.75, 3.05) is 5.32 Å². The zero-order valence-corrected chi connectivity index (χ0v) is 10.7. The molecule has 20 heavy (non-hydrogen) atoms. The molecule has 1 atom stereocenters. The van der Waals surface area contributed by atoms with Crippen LogP contribution in [0.3, 0.4) is 0 Å². The molecule has 0 saturated heterocycles. The molecule has 5 heteroatoms. The Hall–Kier alpha value is -2.43. The van der Waals surface area contributed by atoms with E-state index in [9.17, 15) is 8.78 Å². The Labute approximate surface area is 114 Å². The Balaban J connectivity index is 1.84. The highest BCUT2D eigenvalue weighted by atomic mass is 19.2. The Bertz CT molecular complexity index is 721. The number of nitrogens with one attached hydrogen (secondary N) is 1. The zero-order valence-electron chi connectivity index (χ0n) is 10.7. The van der Waals surface area contributed by atoms with Crippen LogP contribution in [0.1, 0.15) is 18.5 Å². The zero-order chi connectivity index (χ0) is 14.1. The number of rotatable bonds is 3. The molecule has 0 spiro atoms. The van der Waals surface area contributed by atoms with Crippen LogP contribution < -0.4 is 5.32 Å². The SMILES string of the molecule is CC(Nc1nc2ccccc2o1)c1ccc(F)c(F)c1. The molecule has 0 fully saturated rings. The van der Waals surface area contributed by atoms with Gasteiger partial charge in [-0.2, -0.15) is 4.98 Å². The number of benzene rings is 2. The van der Waals surface area contributed by atoms with Crippen LogP contribution in [-0.2, 0) is 0 Å². The minimum Gasteiger partial charge on any atom is -0.424 e. The highest BCUT2D eigenvalue weighted by molar-refractivity contribution is 5.74. The normalized spacial score (nSPS) is 12.6. The third kappa shape index (κ3) is 2.34. The molecule has 1 unspecified atom stereocenters. The van der Waals surface area contributed by atoms with Crippen LogP contribution in [-0.4, -0.2) is 4.98 Å². The maximum Gasteiger partial charge on any atom is 0.296 e. The van der Waals surface area contributed by atoms with Crippen molar-refractivity contribution < 1.29 is 13.2 Å². The first-order valence-corrected chi connectivity index (χ1v) is 6.20. The summed E-state index contributed by atoms with van der Waals surface area (Å²) in [6.45, 7) is 1.82. The number of oxazole rings is 1. The van der Waals surface area contributed by atoms with E-state index in [0.717, 1.165) is 17.6 Å². The van der Waals surface area contributed by atoms with Crippen molar-refractivity contribution in [3.63, 3.8) is 0 Å². The molecule has 1 aromatic heterocycles. The minimum absolute atomic E-state index is 0.252. The van der Waals surface area contributed by atoms with Crippen LogP contribution in [0.5, 0.6) is 0 Å². The molecule has 1 N–H and O–H groups in total. The van der Waals surface area contributed by atoms with E-state index in [0.29, 0.717) is 17.2 Å². The number of hydrogen-bond acceptors (Lipinski definition) is 3. The lowest BCUT2D eigenvalue weighted by Gasteiger charge is -2.12. The maximum absolute atomic E-state index is 13.2. The summed E-state index contributed by atoms with van der Waals surface area (Å²) in [6.07, 6.45) is 0. The molecule has 102 valence electrons. The fourth-order valence-electron chi connectivity index (χ4n) is 1.98. The van der Waals surface area contributed by atoms with E-state index < -0.39 is 11.6 Å². The number of aromatic nitrogens is 1. The van der Waals surface area contributed by atoms with Gasteiger partial charge in [-0.15, -0.1) is 0 Å². The Morgan fingerprint density at radius 1 is 1.10 bits per heavy atom. The molecular weight excluding hydrogens is 262 g/mol. The van der Waals surface area contributed by atoms with E-state index in [-0.39, 0.29) is 6.04 Å². The monoisotopic (exact) mass is 274 g/mol. The standard InChI is InChI=1S/C15H12F2N2O/c1-9(10-6-7-11(16)12(17)8-10)18-15-19-13-4-2-3-5-14(13)20-15/h2-9H,1H3,(H,18,19). The van der Waals surface area contributed by atoms with Crippen LogP contribution in [0.15, 0.2) is 46.9 Å². The molecule has 3 aromatic rings. The Morgan fingerprint density at radius 3 is 2.65 bits per heavy atom. The third-order valence-electron chi connectivity index (χ3n) is 3.08. The predicted molar refractivity (Wildman–Crippen MR) is 72.4 cm³/mol. The van der Waals surface area contributed by atoms with Crippen LogP contribution in [0.2, 0.25) is 0 Å². The smallest absolute Gasteiger partial charge is 0.296 e. The van der Waals surface area contributed by atoms with Crippen LogP contribution >= 0.6 is 0 Å². The van der Waals surface area contributed by atoms with Gasteiger partial charge in [0.2, 0.25) is 0 Å². The predicted octanol–water partition coefficient (Wildman–Crippen LogP) is 4.28. The quantitative estimate of drug-likeness (QED) is 0.774. The highest BCUT2D eigenvalue weighted by Crippen LogP contribution is 2.23. The number of para-hydroxylation sites is 2. The van der Waals surface area contributed by atoms with Gasteiger partial charge in [-0.05, 0) is 36.8 Å². The van der Waals surface area contributed by atoms with E-state index in [1.165, 1.54) is 6.07 Å². The Morgan fingerprint density at radius 2 is 1.90 bits per heavy atom. The van der Waals surface area contributed by atoms with Gasteiger partial charge in [0, 0.05) is 0 Å². The van der Waals surface area contributed by atoms with Gasteiger partial charge >= 0.3 is 0 Å². The first kappa shape index (κ1) is 12.6. The van der Waals surface area contributed by atoms with Gasteiger partial charge in [0.25, 0.3) is 6.01 Å². The van der Waals surface area contributed by atoms with Crippen molar-refractivity contribution in [3.05, 3.63) is 59.7 Å². The lowest BCUT2D eigenvalue weighted by molar-refractivity contribution is 0.506. The third-order valence-corrected chi connectivity index (χ3v) is 3.08. The first-order chi connectivity index (χ1) is 9.63. The molecule has 0 aliphatic heterocycles. The fraction of sp³-hybridized carbons (Fsp3) is 0.133. The lowest BCUT2D eigenvalue weighted by atomic mass is 10.1. The second-order valence-electron chi connectivity index (χ2n) is 4.53. The summed E-state index contributed by atoms with van der Waals surface area (Å²) < 4.78 is 31.6. The van der Waals surface area contributed by atoms with E-state index in [1.54, 1.807) is 0 Å². The summed E-state index contributed by atoms with van der Waals surface area (Å²) >= 11 is 0. The molecule has 2 aromatic carbocycles. The number of nitrogens with zero attached hydrogens (tertiary/aromatic N) is 1. The number of halogens is 2. The van der Waals surface area contributed by atoms with Gasteiger partial charge in [-0.3, -0.25) is 0 Å². The van der Waals surface area contributed by atoms with Gasteiger partial charge in [0.05, 0.1) is 6.04 Å². The molecule has 3 nitrogen and oxygen atoms in total.